The molecule has 2 aliphatic rings. The molecule has 0 atom stereocenters. The van der Waals surface area contributed by atoms with Gasteiger partial charge in [0.2, 0.25) is 9.84 Å². The topological polar surface area (TPSA) is 47.2 Å². The first kappa shape index (κ1) is 34.2. The van der Waals surface area contributed by atoms with Crippen molar-refractivity contribution < 1.29 is 8.42 Å². The van der Waals surface area contributed by atoms with E-state index in [1.165, 1.54) is 10.8 Å². The Balaban J connectivity index is 1.13. The molecule has 5 nitrogen and oxygen atoms in total. The molecular weight excluding hydrogens is 767 g/mol. The van der Waals surface area contributed by atoms with Crippen molar-refractivity contribution in [2.45, 2.75) is 15.2 Å². The quantitative estimate of drug-likeness (QED) is 0.179. The summed E-state index contributed by atoms with van der Waals surface area (Å²) in [7, 11) is -4.00. The Morgan fingerprint density at radius 1 is 0.328 bits per heavy atom. The molecule has 6 heteroatoms. The molecule has 61 heavy (non-hydrogen) atoms. The van der Waals surface area contributed by atoms with E-state index in [2.05, 4.69) is 190 Å². The van der Waals surface area contributed by atoms with Crippen LogP contribution in [0.3, 0.4) is 0 Å². The smallest absolute Gasteiger partial charge is 0.207 e. The maximum Gasteiger partial charge on any atom is 0.207 e. The van der Waals surface area contributed by atoms with Gasteiger partial charge in [0, 0.05) is 38.6 Å². The van der Waals surface area contributed by atoms with Crippen molar-refractivity contribution in [2.24, 2.45) is 0 Å². The fraction of sp³-hybridized carbons (Fsp3) is 0.0182. The number of nitrogens with zero attached hydrogens (tertiary/aromatic N) is 3. The Hall–Kier alpha value is -7.67. The number of rotatable bonds is 3. The van der Waals surface area contributed by atoms with E-state index in [9.17, 15) is 0 Å². The van der Waals surface area contributed by atoms with Gasteiger partial charge in [0.25, 0.3) is 0 Å². The Bertz CT molecular complexity index is 3650. The van der Waals surface area contributed by atoms with Gasteiger partial charge in [-0.3, -0.25) is 0 Å². The molecule has 0 saturated heterocycles. The second-order valence-electron chi connectivity index (χ2n) is 16.1. The minimum atomic E-state index is -4.00. The second kappa shape index (κ2) is 12.4. The number of hydrogen-bond donors (Lipinski definition) is 0. The molecule has 0 radical (unpaired) electrons. The third-order valence-electron chi connectivity index (χ3n) is 13.1. The predicted molar refractivity (Wildman–Crippen MR) is 247 cm³/mol. The zero-order valence-corrected chi connectivity index (χ0v) is 33.6. The molecule has 9 aromatic carbocycles. The third kappa shape index (κ3) is 4.46. The summed E-state index contributed by atoms with van der Waals surface area (Å²) in [5, 5.41) is 4.44. The molecule has 0 aliphatic carbocycles. The van der Waals surface area contributed by atoms with Gasteiger partial charge in [0.15, 0.2) is 0 Å². The van der Waals surface area contributed by atoms with E-state index in [1.807, 2.05) is 30.3 Å². The highest BCUT2D eigenvalue weighted by molar-refractivity contribution is 7.91. The van der Waals surface area contributed by atoms with E-state index in [-0.39, 0.29) is 0 Å². The number of aromatic nitrogens is 2. The van der Waals surface area contributed by atoms with Crippen LogP contribution >= 0.6 is 0 Å². The molecule has 0 N–H and O–H groups in total. The fourth-order valence-electron chi connectivity index (χ4n) is 10.7. The highest BCUT2D eigenvalue weighted by atomic mass is 32.2. The molecule has 0 amide bonds. The molecule has 4 heterocycles. The summed E-state index contributed by atoms with van der Waals surface area (Å²) in [6, 6.07) is 73.4. The van der Waals surface area contributed by atoms with Crippen molar-refractivity contribution in [3.63, 3.8) is 0 Å². The van der Waals surface area contributed by atoms with Gasteiger partial charge in [0.05, 0.1) is 48.6 Å². The average molecular weight is 802 g/mol. The van der Waals surface area contributed by atoms with Crippen molar-refractivity contribution in [1.82, 2.24) is 9.13 Å². The normalized spacial score (nSPS) is 14.6. The van der Waals surface area contributed by atoms with Crippen LogP contribution in [0, 0.1) is 0 Å². The average Bonchev–Trinajstić information content (AvgIpc) is 3.83. The molecule has 0 unspecified atom stereocenters. The molecule has 1 spiro atoms. The predicted octanol–water partition coefficient (Wildman–Crippen LogP) is 13.2. The van der Waals surface area contributed by atoms with E-state index in [4.69, 9.17) is 0 Å². The molecular formula is C55H35N3O2S. The van der Waals surface area contributed by atoms with E-state index < -0.39 is 15.3 Å². The summed E-state index contributed by atoms with van der Waals surface area (Å²) >= 11 is 0. The van der Waals surface area contributed by atoms with E-state index in [0.717, 1.165) is 83.5 Å². The standard InChI is InChI=1S/C55H35N3O2S/c59-61(60)53-32-15-9-26-45(53)55(43-24-7-13-30-50(43)56(36-17-2-1-3-18-36)51-31-14-8-25-44(51)55)46-34-42-41-23-6-12-29-49(41)58(52(42)35-54(46)61)38-20-16-19-37(33-38)57-47-27-10-4-21-39(47)40-22-5-11-28-48(40)57/h1-35H. The van der Waals surface area contributed by atoms with Crippen LogP contribution in [0.4, 0.5) is 17.1 Å². The summed E-state index contributed by atoms with van der Waals surface area (Å²) < 4.78 is 35.3. The molecule has 2 aromatic heterocycles. The van der Waals surface area contributed by atoms with Crippen LogP contribution in [0.2, 0.25) is 0 Å². The summed E-state index contributed by atoms with van der Waals surface area (Å²) in [4.78, 5) is 2.96. The van der Waals surface area contributed by atoms with Gasteiger partial charge in [0.1, 0.15) is 0 Å². The van der Waals surface area contributed by atoms with Crippen molar-refractivity contribution in [3.8, 4) is 11.4 Å². The third-order valence-corrected chi connectivity index (χ3v) is 14.9. The molecule has 13 rings (SSSR count). The molecule has 288 valence electrons. The van der Waals surface area contributed by atoms with Crippen LogP contribution in [0.15, 0.2) is 222 Å². The first-order valence-electron chi connectivity index (χ1n) is 20.6. The maximum absolute atomic E-state index is 15.4. The zero-order chi connectivity index (χ0) is 40.5. The van der Waals surface area contributed by atoms with E-state index in [1.54, 1.807) is 6.07 Å². The van der Waals surface area contributed by atoms with Gasteiger partial charge in [-0.25, -0.2) is 8.42 Å². The van der Waals surface area contributed by atoms with Gasteiger partial charge < -0.3 is 14.0 Å². The number of benzene rings is 9. The molecule has 0 fully saturated rings. The molecule has 0 bridgehead atoms. The lowest BCUT2D eigenvalue weighted by molar-refractivity contribution is 0.578. The lowest BCUT2D eigenvalue weighted by atomic mass is 9.62. The highest BCUT2D eigenvalue weighted by Gasteiger charge is 2.53. The lowest BCUT2D eigenvalue weighted by Crippen LogP contribution is -2.42. The first-order chi connectivity index (χ1) is 30.0. The Labute approximate surface area is 352 Å². The monoisotopic (exact) mass is 801 g/mol. The largest absolute Gasteiger partial charge is 0.310 e. The number of para-hydroxylation sites is 6. The van der Waals surface area contributed by atoms with Crippen molar-refractivity contribution in [3.05, 3.63) is 235 Å². The van der Waals surface area contributed by atoms with Gasteiger partial charge >= 0.3 is 0 Å². The van der Waals surface area contributed by atoms with Crippen LogP contribution in [0.1, 0.15) is 22.3 Å². The number of hydrogen-bond acceptors (Lipinski definition) is 3. The highest BCUT2D eigenvalue weighted by Crippen LogP contribution is 2.62. The van der Waals surface area contributed by atoms with Gasteiger partial charge in [-0.2, -0.15) is 0 Å². The minimum absolute atomic E-state index is 0.319. The Morgan fingerprint density at radius 3 is 1.39 bits per heavy atom. The van der Waals surface area contributed by atoms with Crippen LogP contribution in [0.25, 0.3) is 55.0 Å². The van der Waals surface area contributed by atoms with Gasteiger partial charge in [-0.15, -0.1) is 0 Å². The zero-order valence-electron chi connectivity index (χ0n) is 32.8. The molecule has 2 aliphatic heterocycles. The maximum atomic E-state index is 15.4. The van der Waals surface area contributed by atoms with Crippen LogP contribution < -0.4 is 4.90 Å². The first-order valence-corrected chi connectivity index (χ1v) is 22.1. The SMILES string of the molecule is O=S1(=O)c2ccccc2C2(c3ccccc3N(c3ccccc3)c3ccccc32)c2cc3c4ccccc4n(-c4cccc(-n5c6ccccc6c6ccccc65)c4)c3cc21. The fourth-order valence-corrected chi connectivity index (χ4v) is 12.5. The molecule has 0 saturated carbocycles. The summed E-state index contributed by atoms with van der Waals surface area (Å²) in [5.41, 5.74) is 11.8. The number of fused-ring (bicyclic) bond motifs is 14. The second-order valence-corrected chi connectivity index (χ2v) is 17.9. The van der Waals surface area contributed by atoms with Crippen molar-refractivity contribution in [1.29, 1.82) is 0 Å². The van der Waals surface area contributed by atoms with Crippen LogP contribution in [-0.2, 0) is 15.3 Å². The molecule has 11 aromatic rings. The van der Waals surface area contributed by atoms with Gasteiger partial charge in [-0.05, 0) is 101 Å². The Kier molecular flexibility index (Phi) is 6.97. The van der Waals surface area contributed by atoms with E-state index in [0.29, 0.717) is 9.79 Å². The Morgan fingerprint density at radius 2 is 0.787 bits per heavy atom. The van der Waals surface area contributed by atoms with Crippen molar-refractivity contribution >= 4 is 70.5 Å². The number of sulfone groups is 1. The minimum Gasteiger partial charge on any atom is -0.310 e. The summed E-state index contributed by atoms with van der Waals surface area (Å²) in [5.74, 6) is 0. The van der Waals surface area contributed by atoms with E-state index >= 15 is 8.42 Å². The van der Waals surface area contributed by atoms with Crippen LogP contribution in [0.5, 0.6) is 0 Å². The summed E-state index contributed by atoms with van der Waals surface area (Å²) in [6.45, 7) is 0. The van der Waals surface area contributed by atoms with Gasteiger partial charge in [-0.1, -0.05) is 133 Å². The summed E-state index contributed by atoms with van der Waals surface area (Å²) in [6.07, 6.45) is 0. The van der Waals surface area contributed by atoms with Crippen LogP contribution in [-0.4, -0.2) is 17.6 Å². The number of anilines is 3. The van der Waals surface area contributed by atoms with Crippen molar-refractivity contribution in [2.75, 3.05) is 4.90 Å². The lowest BCUT2D eigenvalue weighted by Gasteiger charge is -2.48.